The van der Waals surface area contributed by atoms with Crippen molar-refractivity contribution < 1.29 is 9.84 Å². The number of halogens is 1. The molecule has 74 valence electrons. The summed E-state index contributed by atoms with van der Waals surface area (Å²) in [5, 5.41) is 17.9. The van der Waals surface area contributed by atoms with E-state index in [9.17, 15) is 5.11 Å². The summed E-state index contributed by atoms with van der Waals surface area (Å²) in [5.74, 6) is 0.514. The van der Waals surface area contributed by atoms with E-state index in [4.69, 9.17) is 10.00 Å². The number of benzene rings is 1. The molecule has 0 saturated heterocycles. The van der Waals surface area contributed by atoms with E-state index >= 15 is 0 Å². The lowest BCUT2D eigenvalue weighted by Crippen LogP contribution is -1.89. The molecule has 1 rings (SSSR count). The number of rotatable bonds is 3. The van der Waals surface area contributed by atoms with E-state index in [1.807, 2.05) is 0 Å². The van der Waals surface area contributed by atoms with Crippen LogP contribution >= 0.6 is 15.9 Å². The number of nitrogens with zero attached hydrogens (tertiary/aromatic N) is 1. The Morgan fingerprint density at radius 2 is 2.29 bits per heavy atom. The number of aryl methyl sites for hydroxylation is 1. The molecule has 14 heavy (non-hydrogen) atoms. The van der Waals surface area contributed by atoms with E-state index in [0.717, 1.165) is 5.56 Å². The summed E-state index contributed by atoms with van der Waals surface area (Å²) in [5.41, 5.74) is 0.966. The molecule has 0 unspecified atom stereocenters. The first-order valence-electron chi connectivity index (χ1n) is 4.11. The largest absolute Gasteiger partial charge is 0.503 e. The van der Waals surface area contributed by atoms with Crippen LogP contribution in [0, 0.1) is 11.3 Å². The average molecular weight is 256 g/mol. The number of hydrogen-bond donors (Lipinski definition) is 1. The molecule has 0 amide bonds. The SMILES string of the molecule is COc1cc(CCC#N)cc(Br)c1O. The van der Waals surface area contributed by atoms with Crippen LogP contribution in [0.4, 0.5) is 0 Å². The standard InChI is InChI=1S/C10H10BrNO2/c1-14-9-6-7(3-2-4-12)5-8(11)10(9)13/h5-6,13H,2-3H2,1H3. The average Bonchev–Trinajstić information content (AvgIpc) is 2.19. The number of methoxy groups -OCH3 is 1. The number of hydrogen-bond acceptors (Lipinski definition) is 3. The van der Waals surface area contributed by atoms with E-state index in [1.165, 1.54) is 7.11 Å². The minimum Gasteiger partial charge on any atom is -0.503 e. The van der Waals surface area contributed by atoms with E-state index in [0.29, 0.717) is 23.1 Å². The summed E-state index contributed by atoms with van der Waals surface area (Å²) in [4.78, 5) is 0. The molecule has 0 radical (unpaired) electrons. The summed E-state index contributed by atoms with van der Waals surface area (Å²) in [6.07, 6.45) is 1.12. The highest BCUT2D eigenvalue weighted by molar-refractivity contribution is 9.10. The Morgan fingerprint density at radius 1 is 1.57 bits per heavy atom. The van der Waals surface area contributed by atoms with E-state index in [-0.39, 0.29) is 5.75 Å². The van der Waals surface area contributed by atoms with Crippen LogP contribution in [0.15, 0.2) is 16.6 Å². The summed E-state index contributed by atoms with van der Waals surface area (Å²) < 4.78 is 5.57. The molecule has 4 heteroatoms. The van der Waals surface area contributed by atoms with Crippen molar-refractivity contribution in [1.82, 2.24) is 0 Å². The monoisotopic (exact) mass is 255 g/mol. The lowest BCUT2D eigenvalue weighted by Gasteiger charge is -2.07. The highest BCUT2D eigenvalue weighted by atomic mass is 79.9. The van der Waals surface area contributed by atoms with Crippen LogP contribution in [0.5, 0.6) is 11.5 Å². The van der Waals surface area contributed by atoms with Crippen molar-refractivity contribution in [2.24, 2.45) is 0 Å². The molecule has 1 aromatic carbocycles. The topological polar surface area (TPSA) is 53.2 Å². The van der Waals surface area contributed by atoms with Gasteiger partial charge in [0.05, 0.1) is 17.7 Å². The normalized spacial score (nSPS) is 9.50. The minimum absolute atomic E-state index is 0.0909. The van der Waals surface area contributed by atoms with Gasteiger partial charge in [0, 0.05) is 6.42 Å². The second-order valence-electron chi connectivity index (χ2n) is 2.79. The van der Waals surface area contributed by atoms with Gasteiger partial charge in [-0.1, -0.05) is 0 Å². The molecule has 0 saturated carbocycles. The highest BCUT2D eigenvalue weighted by Crippen LogP contribution is 2.35. The molecule has 1 aromatic rings. The zero-order chi connectivity index (χ0) is 10.6. The fourth-order valence-corrected chi connectivity index (χ4v) is 1.62. The van der Waals surface area contributed by atoms with Gasteiger partial charge in [-0.25, -0.2) is 0 Å². The van der Waals surface area contributed by atoms with Gasteiger partial charge < -0.3 is 9.84 Å². The molecule has 0 spiro atoms. The maximum atomic E-state index is 9.51. The van der Waals surface area contributed by atoms with Gasteiger partial charge in [-0.15, -0.1) is 0 Å². The van der Waals surface area contributed by atoms with Crippen molar-refractivity contribution in [2.45, 2.75) is 12.8 Å². The van der Waals surface area contributed by atoms with Crippen LogP contribution in [-0.4, -0.2) is 12.2 Å². The van der Waals surface area contributed by atoms with Gasteiger partial charge in [0.15, 0.2) is 11.5 Å². The van der Waals surface area contributed by atoms with Gasteiger partial charge in [-0.2, -0.15) is 5.26 Å². The molecule has 3 nitrogen and oxygen atoms in total. The minimum atomic E-state index is 0.0909. The maximum absolute atomic E-state index is 9.51. The zero-order valence-electron chi connectivity index (χ0n) is 7.75. The Hall–Kier alpha value is -1.21. The van der Waals surface area contributed by atoms with Crippen molar-refractivity contribution >= 4 is 15.9 Å². The smallest absolute Gasteiger partial charge is 0.172 e. The second kappa shape index (κ2) is 4.87. The summed E-state index contributed by atoms with van der Waals surface area (Å²) in [6, 6.07) is 5.59. The molecule has 0 aliphatic rings. The van der Waals surface area contributed by atoms with Crippen LogP contribution in [-0.2, 0) is 6.42 Å². The molecule has 0 atom stereocenters. The fraction of sp³-hybridized carbons (Fsp3) is 0.300. The van der Waals surface area contributed by atoms with Gasteiger partial charge in [0.25, 0.3) is 0 Å². The molecule has 0 aliphatic carbocycles. The first kappa shape index (κ1) is 10.9. The molecule has 0 heterocycles. The van der Waals surface area contributed by atoms with Crippen LogP contribution in [0.3, 0.4) is 0 Å². The molecule has 0 aliphatic heterocycles. The second-order valence-corrected chi connectivity index (χ2v) is 3.64. The van der Waals surface area contributed by atoms with Crippen molar-refractivity contribution in [3.63, 3.8) is 0 Å². The van der Waals surface area contributed by atoms with E-state index < -0.39 is 0 Å². The fourth-order valence-electron chi connectivity index (χ4n) is 1.13. The van der Waals surface area contributed by atoms with Crippen LogP contribution in [0.25, 0.3) is 0 Å². The van der Waals surface area contributed by atoms with Crippen molar-refractivity contribution in [3.05, 3.63) is 22.2 Å². The number of phenolic OH excluding ortho intramolecular Hbond substituents is 1. The lowest BCUT2D eigenvalue weighted by molar-refractivity contribution is 0.371. The number of ether oxygens (including phenoxy) is 1. The summed E-state index contributed by atoms with van der Waals surface area (Å²) in [6.45, 7) is 0. The van der Waals surface area contributed by atoms with Gasteiger partial charge in [0.1, 0.15) is 0 Å². The first-order chi connectivity index (χ1) is 6.69. The third-order valence-electron chi connectivity index (χ3n) is 1.83. The van der Waals surface area contributed by atoms with Gasteiger partial charge >= 0.3 is 0 Å². The third kappa shape index (κ3) is 2.39. The molecule has 0 bridgehead atoms. The molecule has 1 N–H and O–H groups in total. The Kier molecular flexibility index (Phi) is 3.78. The van der Waals surface area contributed by atoms with E-state index in [2.05, 4.69) is 22.0 Å². The Bertz CT molecular complexity index is 371. The highest BCUT2D eigenvalue weighted by Gasteiger charge is 2.07. The molecular formula is C10H10BrNO2. The quantitative estimate of drug-likeness (QED) is 0.904. The van der Waals surface area contributed by atoms with Crippen LogP contribution in [0.2, 0.25) is 0 Å². The Labute approximate surface area is 91.1 Å². The summed E-state index contributed by atoms with van der Waals surface area (Å²) in [7, 11) is 1.50. The van der Waals surface area contributed by atoms with Crippen LogP contribution < -0.4 is 4.74 Å². The van der Waals surface area contributed by atoms with Gasteiger partial charge in [-0.3, -0.25) is 0 Å². The Balaban J connectivity index is 2.98. The molecular weight excluding hydrogens is 246 g/mol. The van der Waals surface area contributed by atoms with Crippen molar-refractivity contribution in [3.8, 4) is 17.6 Å². The number of nitriles is 1. The maximum Gasteiger partial charge on any atom is 0.172 e. The van der Waals surface area contributed by atoms with Crippen molar-refractivity contribution in [1.29, 1.82) is 5.26 Å². The first-order valence-corrected chi connectivity index (χ1v) is 4.90. The van der Waals surface area contributed by atoms with Crippen molar-refractivity contribution in [2.75, 3.05) is 7.11 Å². The van der Waals surface area contributed by atoms with E-state index in [1.54, 1.807) is 12.1 Å². The number of phenols is 1. The third-order valence-corrected chi connectivity index (χ3v) is 2.44. The number of aromatic hydroxyl groups is 1. The predicted octanol–water partition coefficient (Wildman–Crippen LogP) is 2.62. The zero-order valence-corrected chi connectivity index (χ0v) is 9.34. The molecule has 0 fully saturated rings. The Morgan fingerprint density at radius 3 is 2.86 bits per heavy atom. The summed E-state index contributed by atoms with van der Waals surface area (Å²) >= 11 is 3.22. The van der Waals surface area contributed by atoms with Gasteiger partial charge in [0.2, 0.25) is 0 Å². The molecule has 0 aromatic heterocycles. The van der Waals surface area contributed by atoms with Gasteiger partial charge in [-0.05, 0) is 40.0 Å². The predicted molar refractivity (Wildman–Crippen MR) is 56.3 cm³/mol. The van der Waals surface area contributed by atoms with Crippen LogP contribution in [0.1, 0.15) is 12.0 Å². The lowest BCUT2D eigenvalue weighted by atomic mass is 10.1.